The highest BCUT2D eigenvalue weighted by molar-refractivity contribution is 5.76. The molecule has 1 N–H and O–H groups in total. The highest BCUT2D eigenvalue weighted by Gasteiger charge is 2.16. The number of aryl methyl sites for hydroxylation is 1. The van der Waals surface area contributed by atoms with Crippen LogP contribution in [0.2, 0.25) is 0 Å². The second-order valence-corrected chi connectivity index (χ2v) is 5.61. The minimum absolute atomic E-state index is 0.0259. The minimum Gasteiger partial charge on any atom is -0.441 e. The monoisotopic (exact) mass is 318 g/mol. The zero-order chi connectivity index (χ0) is 16.1. The van der Waals surface area contributed by atoms with E-state index in [0.717, 1.165) is 25.0 Å². The Balaban J connectivity index is 1.50. The van der Waals surface area contributed by atoms with Gasteiger partial charge in [-0.05, 0) is 37.1 Å². The molecule has 1 atom stereocenters. The van der Waals surface area contributed by atoms with Crippen LogP contribution in [0.5, 0.6) is 0 Å². The van der Waals surface area contributed by atoms with Crippen molar-refractivity contribution in [2.45, 2.75) is 31.7 Å². The van der Waals surface area contributed by atoms with Crippen molar-refractivity contribution in [2.24, 2.45) is 0 Å². The molecule has 2 heterocycles. The van der Waals surface area contributed by atoms with Crippen LogP contribution >= 0.6 is 0 Å². The van der Waals surface area contributed by atoms with Gasteiger partial charge in [0, 0.05) is 25.0 Å². The van der Waals surface area contributed by atoms with E-state index in [0.29, 0.717) is 31.1 Å². The Labute approximate surface area is 133 Å². The van der Waals surface area contributed by atoms with Crippen molar-refractivity contribution in [1.29, 1.82) is 0 Å². The van der Waals surface area contributed by atoms with Crippen LogP contribution in [0, 0.1) is 5.82 Å². The molecule has 23 heavy (non-hydrogen) atoms. The van der Waals surface area contributed by atoms with Crippen LogP contribution in [0.15, 0.2) is 34.9 Å². The first kappa shape index (κ1) is 15.7. The van der Waals surface area contributed by atoms with Gasteiger partial charge in [-0.15, -0.1) is 0 Å². The Hall–Kier alpha value is -2.21. The van der Waals surface area contributed by atoms with Gasteiger partial charge in [0.25, 0.3) is 0 Å². The Morgan fingerprint density at radius 2 is 2.17 bits per heavy atom. The van der Waals surface area contributed by atoms with Gasteiger partial charge in [-0.25, -0.2) is 9.37 Å². The van der Waals surface area contributed by atoms with Crippen molar-refractivity contribution in [3.63, 3.8) is 0 Å². The molecule has 0 radical (unpaired) electrons. The Morgan fingerprint density at radius 3 is 2.91 bits per heavy atom. The lowest BCUT2D eigenvalue weighted by molar-refractivity contribution is -0.122. The van der Waals surface area contributed by atoms with Gasteiger partial charge in [0.1, 0.15) is 5.82 Å². The number of halogens is 1. The van der Waals surface area contributed by atoms with Gasteiger partial charge < -0.3 is 14.5 Å². The predicted molar refractivity (Wildman–Crippen MR) is 82.2 cm³/mol. The van der Waals surface area contributed by atoms with E-state index in [1.54, 1.807) is 18.3 Å². The van der Waals surface area contributed by atoms with E-state index in [9.17, 15) is 9.18 Å². The third-order valence-corrected chi connectivity index (χ3v) is 3.77. The summed E-state index contributed by atoms with van der Waals surface area (Å²) in [7, 11) is 0. The molecule has 2 aromatic rings. The highest BCUT2D eigenvalue weighted by atomic mass is 19.1. The Morgan fingerprint density at radius 1 is 1.35 bits per heavy atom. The maximum Gasteiger partial charge on any atom is 0.220 e. The largest absolute Gasteiger partial charge is 0.441 e. The molecule has 1 amide bonds. The molecule has 1 aliphatic rings. The molecule has 3 rings (SSSR count). The number of carbonyl (C=O) groups is 1. The summed E-state index contributed by atoms with van der Waals surface area (Å²) in [6.07, 6.45) is 4.28. The van der Waals surface area contributed by atoms with Gasteiger partial charge in [0.15, 0.2) is 11.7 Å². The van der Waals surface area contributed by atoms with E-state index in [4.69, 9.17) is 9.15 Å². The first-order valence-electron chi connectivity index (χ1n) is 7.78. The number of ether oxygens (including phenoxy) is 1. The lowest BCUT2D eigenvalue weighted by Crippen LogP contribution is -2.40. The molecule has 6 heteroatoms. The topological polar surface area (TPSA) is 64.4 Å². The fourth-order valence-electron chi connectivity index (χ4n) is 2.55. The molecular formula is C17H19FN2O3. The normalized spacial score (nSPS) is 17.9. The van der Waals surface area contributed by atoms with E-state index in [1.807, 2.05) is 0 Å². The van der Waals surface area contributed by atoms with Crippen LogP contribution < -0.4 is 5.32 Å². The van der Waals surface area contributed by atoms with E-state index >= 15 is 0 Å². The molecule has 0 spiro atoms. The third kappa shape index (κ3) is 4.39. The van der Waals surface area contributed by atoms with Crippen molar-refractivity contribution >= 4 is 5.91 Å². The van der Waals surface area contributed by atoms with E-state index in [1.165, 1.54) is 12.1 Å². The quantitative estimate of drug-likeness (QED) is 0.920. The number of benzene rings is 1. The van der Waals surface area contributed by atoms with E-state index in [-0.39, 0.29) is 17.8 Å². The summed E-state index contributed by atoms with van der Waals surface area (Å²) in [6.45, 7) is 1.36. The molecular weight excluding hydrogens is 299 g/mol. The number of hydrogen-bond donors (Lipinski definition) is 1. The summed E-state index contributed by atoms with van der Waals surface area (Å²) >= 11 is 0. The third-order valence-electron chi connectivity index (χ3n) is 3.77. The van der Waals surface area contributed by atoms with Gasteiger partial charge >= 0.3 is 0 Å². The van der Waals surface area contributed by atoms with Gasteiger partial charge in [-0.1, -0.05) is 0 Å². The van der Waals surface area contributed by atoms with Crippen molar-refractivity contribution in [2.75, 3.05) is 13.2 Å². The standard InChI is InChI=1S/C17H19FN2O3/c18-13-5-3-12(4-6-13)15-10-19-17(23-15)8-7-16(21)20-14-2-1-9-22-11-14/h3-6,10,14H,1-2,7-9,11H2,(H,20,21)/t14-/m0/s1. The Bertz CT molecular complexity index is 648. The second-order valence-electron chi connectivity index (χ2n) is 5.61. The summed E-state index contributed by atoms with van der Waals surface area (Å²) in [5.74, 6) is 0.749. The maximum atomic E-state index is 12.9. The molecule has 1 saturated heterocycles. The average molecular weight is 318 g/mol. The number of hydrogen-bond acceptors (Lipinski definition) is 4. The number of oxazole rings is 1. The highest BCUT2D eigenvalue weighted by Crippen LogP contribution is 2.21. The first-order chi connectivity index (χ1) is 11.2. The lowest BCUT2D eigenvalue weighted by Gasteiger charge is -2.22. The smallest absolute Gasteiger partial charge is 0.220 e. The summed E-state index contributed by atoms with van der Waals surface area (Å²) in [4.78, 5) is 16.1. The number of rotatable bonds is 5. The SMILES string of the molecule is O=C(CCc1ncc(-c2ccc(F)cc2)o1)N[C@H]1CCCOC1. The van der Waals surface area contributed by atoms with Crippen LogP contribution in [-0.4, -0.2) is 30.1 Å². The van der Waals surface area contributed by atoms with Crippen molar-refractivity contribution in [3.8, 4) is 11.3 Å². The molecule has 1 aliphatic heterocycles. The maximum absolute atomic E-state index is 12.9. The van der Waals surface area contributed by atoms with Gasteiger partial charge in [0.05, 0.1) is 18.8 Å². The van der Waals surface area contributed by atoms with Gasteiger partial charge in [-0.2, -0.15) is 0 Å². The number of carbonyl (C=O) groups excluding carboxylic acids is 1. The number of nitrogens with one attached hydrogen (secondary N) is 1. The molecule has 122 valence electrons. The average Bonchev–Trinajstić information content (AvgIpc) is 3.04. The molecule has 1 aromatic carbocycles. The van der Waals surface area contributed by atoms with Crippen LogP contribution in [0.4, 0.5) is 4.39 Å². The van der Waals surface area contributed by atoms with Crippen molar-refractivity contribution in [1.82, 2.24) is 10.3 Å². The van der Waals surface area contributed by atoms with E-state index < -0.39 is 0 Å². The molecule has 1 aromatic heterocycles. The zero-order valence-electron chi connectivity index (χ0n) is 12.8. The molecule has 5 nitrogen and oxygen atoms in total. The van der Waals surface area contributed by atoms with Crippen molar-refractivity contribution in [3.05, 3.63) is 42.2 Å². The van der Waals surface area contributed by atoms with Gasteiger partial charge in [-0.3, -0.25) is 4.79 Å². The van der Waals surface area contributed by atoms with Crippen LogP contribution in [0.3, 0.4) is 0 Å². The fraction of sp³-hybridized carbons (Fsp3) is 0.412. The summed E-state index contributed by atoms with van der Waals surface area (Å²) in [6, 6.07) is 6.12. The lowest BCUT2D eigenvalue weighted by atomic mass is 10.1. The van der Waals surface area contributed by atoms with Crippen LogP contribution in [0.1, 0.15) is 25.2 Å². The first-order valence-corrected chi connectivity index (χ1v) is 7.78. The number of aromatic nitrogens is 1. The summed E-state index contributed by atoms with van der Waals surface area (Å²) in [5, 5.41) is 2.96. The fourth-order valence-corrected chi connectivity index (χ4v) is 2.55. The molecule has 1 fully saturated rings. The molecule has 0 saturated carbocycles. The molecule has 0 unspecified atom stereocenters. The summed E-state index contributed by atoms with van der Waals surface area (Å²) in [5.41, 5.74) is 0.758. The molecule has 0 aliphatic carbocycles. The number of nitrogens with zero attached hydrogens (tertiary/aromatic N) is 1. The van der Waals surface area contributed by atoms with Crippen molar-refractivity contribution < 1.29 is 18.3 Å². The Kier molecular flexibility index (Phi) is 5.02. The number of amides is 1. The van der Waals surface area contributed by atoms with Crippen LogP contribution in [0.25, 0.3) is 11.3 Å². The van der Waals surface area contributed by atoms with Gasteiger partial charge in [0.2, 0.25) is 5.91 Å². The predicted octanol–water partition coefficient (Wildman–Crippen LogP) is 2.71. The summed E-state index contributed by atoms with van der Waals surface area (Å²) < 4.78 is 23.9. The van der Waals surface area contributed by atoms with E-state index in [2.05, 4.69) is 10.3 Å². The van der Waals surface area contributed by atoms with Crippen LogP contribution in [-0.2, 0) is 16.0 Å². The second kappa shape index (κ2) is 7.37. The molecule has 0 bridgehead atoms. The minimum atomic E-state index is -0.295. The zero-order valence-corrected chi connectivity index (χ0v) is 12.8.